The van der Waals surface area contributed by atoms with Crippen molar-refractivity contribution < 1.29 is 24.8 Å². The van der Waals surface area contributed by atoms with Gasteiger partial charge in [0.25, 0.3) is 0 Å². The Morgan fingerprint density at radius 1 is 1.31 bits per heavy atom. The molecule has 16 heavy (non-hydrogen) atoms. The second kappa shape index (κ2) is 5.69. The maximum Gasteiger partial charge on any atom is 0.160 e. The lowest BCUT2D eigenvalue weighted by atomic mass is 10.0. The molecule has 1 rings (SSSR count). The maximum absolute atomic E-state index is 9.53. The molecule has 0 aliphatic heterocycles. The van der Waals surface area contributed by atoms with Crippen LogP contribution in [0.15, 0.2) is 18.2 Å². The van der Waals surface area contributed by atoms with Crippen molar-refractivity contribution >= 4 is 0 Å². The molecule has 0 bridgehead atoms. The van der Waals surface area contributed by atoms with Crippen molar-refractivity contribution in [1.82, 2.24) is 0 Å². The van der Waals surface area contributed by atoms with E-state index < -0.39 is 18.8 Å². The summed E-state index contributed by atoms with van der Waals surface area (Å²) >= 11 is 0. The molecule has 0 spiro atoms. The fourth-order valence-electron chi connectivity index (χ4n) is 1.48. The van der Waals surface area contributed by atoms with Crippen LogP contribution in [0.4, 0.5) is 0 Å². The van der Waals surface area contributed by atoms with E-state index in [1.54, 1.807) is 12.1 Å². The average molecular weight is 228 g/mol. The molecule has 1 aromatic rings. The maximum atomic E-state index is 9.53. The van der Waals surface area contributed by atoms with Crippen LogP contribution in [0.5, 0.6) is 11.5 Å². The van der Waals surface area contributed by atoms with Crippen LogP contribution < -0.4 is 4.74 Å². The van der Waals surface area contributed by atoms with E-state index in [0.29, 0.717) is 11.3 Å². The predicted molar refractivity (Wildman–Crippen MR) is 57.5 cm³/mol. The predicted octanol–water partition coefficient (Wildman–Crippen LogP) is 0.441. The van der Waals surface area contributed by atoms with Crippen molar-refractivity contribution in [2.24, 2.45) is 0 Å². The van der Waals surface area contributed by atoms with E-state index in [1.807, 2.05) is 0 Å². The fourth-order valence-corrected chi connectivity index (χ4v) is 1.48. The van der Waals surface area contributed by atoms with Gasteiger partial charge in [0, 0.05) is 7.11 Å². The van der Waals surface area contributed by atoms with Gasteiger partial charge in [-0.15, -0.1) is 0 Å². The first-order valence-corrected chi connectivity index (χ1v) is 4.82. The standard InChI is InChI=1S/C11H16O5/c1-15-10-5-7(3-4-8(10)13)11(16-2)9(14)6-12/h3-5,9,11-14H,6H2,1-2H3/t9-,11-/m1/s1. The molecule has 0 fully saturated rings. The number of hydrogen-bond acceptors (Lipinski definition) is 5. The smallest absolute Gasteiger partial charge is 0.160 e. The van der Waals surface area contributed by atoms with E-state index in [-0.39, 0.29) is 5.75 Å². The summed E-state index contributed by atoms with van der Waals surface area (Å²) in [7, 11) is 2.87. The Morgan fingerprint density at radius 2 is 2.00 bits per heavy atom. The summed E-state index contributed by atoms with van der Waals surface area (Å²) in [5.74, 6) is 0.310. The van der Waals surface area contributed by atoms with Gasteiger partial charge in [0.2, 0.25) is 0 Å². The molecule has 0 aliphatic rings. The third-order valence-corrected chi connectivity index (χ3v) is 2.32. The summed E-state index contributed by atoms with van der Waals surface area (Å²) in [5, 5.41) is 27.8. The Balaban J connectivity index is 3.01. The van der Waals surface area contributed by atoms with Gasteiger partial charge in [-0.3, -0.25) is 0 Å². The number of ether oxygens (including phenoxy) is 2. The van der Waals surface area contributed by atoms with Crippen molar-refractivity contribution in [2.75, 3.05) is 20.8 Å². The van der Waals surface area contributed by atoms with Gasteiger partial charge >= 0.3 is 0 Å². The Labute approximate surface area is 93.9 Å². The first kappa shape index (κ1) is 12.8. The van der Waals surface area contributed by atoms with Crippen molar-refractivity contribution in [2.45, 2.75) is 12.2 Å². The Bertz CT molecular complexity index is 339. The van der Waals surface area contributed by atoms with Crippen LogP contribution in [-0.4, -0.2) is 42.3 Å². The van der Waals surface area contributed by atoms with Crippen molar-refractivity contribution in [3.8, 4) is 11.5 Å². The monoisotopic (exact) mass is 228 g/mol. The number of hydrogen-bond donors (Lipinski definition) is 3. The second-order valence-corrected chi connectivity index (χ2v) is 3.34. The zero-order chi connectivity index (χ0) is 12.1. The zero-order valence-corrected chi connectivity index (χ0v) is 9.25. The molecule has 2 atom stereocenters. The van der Waals surface area contributed by atoms with E-state index in [4.69, 9.17) is 14.6 Å². The van der Waals surface area contributed by atoms with Crippen LogP contribution in [0.25, 0.3) is 0 Å². The molecular weight excluding hydrogens is 212 g/mol. The molecule has 3 N–H and O–H groups in total. The lowest BCUT2D eigenvalue weighted by Crippen LogP contribution is -2.23. The van der Waals surface area contributed by atoms with E-state index in [9.17, 15) is 10.2 Å². The highest BCUT2D eigenvalue weighted by Gasteiger charge is 2.21. The molecule has 0 unspecified atom stereocenters. The van der Waals surface area contributed by atoms with E-state index in [0.717, 1.165) is 0 Å². The molecular formula is C11H16O5. The van der Waals surface area contributed by atoms with Gasteiger partial charge in [0.15, 0.2) is 11.5 Å². The van der Waals surface area contributed by atoms with E-state index >= 15 is 0 Å². The summed E-state index contributed by atoms with van der Waals surface area (Å²) < 4.78 is 10.0. The third kappa shape index (κ3) is 2.63. The lowest BCUT2D eigenvalue weighted by Gasteiger charge is -2.20. The van der Waals surface area contributed by atoms with E-state index in [2.05, 4.69) is 0 Å². The molecule has 1 aromatic carbocycles. The topological polar surface area (TPSA) is 79.2 Å². The minimum atomic E-state index is -1.01. The van der Waals surface area contributed by atoms with Crippen LogP contribution in [0.1, 0.15) is 11.7 Å². The molecule has 0 aliphatic carbocycles. The number of aliphatic hydroxyl groups excluding tert-OH is 2. The molecule has 0 saturated carbocycles. The molecule has 5 nitrogen and oxygen atoms in total. The molecule has 0 saturated heterocycles. The first-order valence-electron chi connectivity index (χ1n) is 4.82. The van der Waals surface area contributed by atoms with Gasteiger partial charge in [0.05, 0.1) is 13.7 Å². The Hall–Kier alpha value is -1.30. The number of rotatable bonds is 5. The molecule has 0 heterocycles. The van der Waals surface area contributed by atoms with Crippen LogP contribution in [0.2, 0.25) is 0 Å². The third-order valence-electron chi connectivity index (χ3n) is 2.32. The largest absolute Gasteiger partial charge is 0.504 e. The molecule has 5 heteroatoms. The summed E-state index contributed by atoms with van der Waals surface area (Å²) in [4.78, 5) is 0. The van der Waals surface area contributed by atoms with Gasteiger partial charge in [-0.25, -0.2) is 0 Å². The molecule has 0 radical (unpaired) electrons. The van der Waals surface area contributed by atoms with Crippen LogP contribution in [0, 0.1) is 0 Å². The Morgan fingerprint density at radius 3 is 2.50 bits per heavy atom. The number of aromatic hydroxyl groups is 1. The zero-order valence-electron chi connectivity index (χ0n) is 9.25. The van der Waals surface area contributed by atoms with Crippen molar-refractivity contribution in [1.29, 1.82) is 0 Å². The number of benzene rings is 1. The average Bonchev–Trinajstić information content (AvgIpc) is 2.31. The fraction of sp³-hybridized carbons (Fsp3) is 0.455. The summed E-state index contributed by atoms with van der Waals surface area (Å²) in [5.41, 5.74) is 0.624. The lowest BCUT2D eigenvalue weighted by molar-refractivity contribution is -0.0393. The quantitative estimate of drug-likeness (QED) is 0.681. The number of methoxy groups -OCH3 is 2. The highest BCUT2D eigenvalue weighted by Crippen LogP contribution is 2.31. The van der Waals surface area contributed by atoms with Crippen LogP contribution in [0.3, 0.4) is 0 Å². The summed E-state index contributed by atoms with van der Waals surface area (Å²) in [6, 6.07) is 4.61. The highest BCUT2D eigenvalue weighted by atomic mass is 16.5. The molecule has 0 aromatic heterocycles. The molecule has 90 valence electrons. The van der Waals surface area contributed by atoms with Crippen LogP contribution >= 0.6 is 0 Å². The summed E-state index contributed by atoms with van der Waals surface area (Å²) in [6.45, 7) is -0.401. The first-order chi connectivity index (χ1) is 7.63. The SMILES string of the molecule is COc1cc([C@@H](OC)[C@H](O)CO)ccc1O. The number of phenolic OH excluding ortho intramolecular Hbond substituents is 1. The van der Waals surface area contributed by atoms with E-state index in [1.165, 1.54) is 20.3 Å². The van der Waals surface area contributed by atoms with Gasteiger partial charge in [-0.05, 0) is 17.7 Å². The van der Waals surface area contributed by atoms with Crippen molar-refractivity contribution in [3.63, 3.8) is 0 Å². The second-order valence-electron chi connectivity index (χ2n) is 3.34. The highest BCUT2D eigenvalue weighted by molar-refractivity contribution is 5.42. The van der Waals surface area contributed by atoms with Gasteiger partial charge in [0.1, 0.15) is 12.2 Å². The number of aliphatic hydroxyl groups is 2. The van der Waals surface area contributed by atoms with Gasteiger partial charge in [-0.1, -0.05) is 6.07 Å². The Kier molecular flexibility index (Phi) is 4.54. The minimum absolute atomic E-state index is 0.0135. The summed E-state index contributed by atoms with van der Waals surface area (Å²) in [6.07, 6.45) is -1.67. The van der Waals surface area contributed by atoms with Gasteiger partial charge < -0.3 is 24.8 Å². The van der Waals surface area contributed by atoms with Crippen LogP contribution in [-0.2, 0) is 4.74 Å². The number of phenols is 1. The molecule has 0 amide bonds. The minimum Gasteiger partial charge on any atom is -0.504 e. The normalized spacial score (nSPS) is 14.5. The van der Waals surface area contributed by atoms with Gasteiger partial charge in [-0.2, -0.15) is 0 Å². The van der Waals surface area contributed by atoms with Crippen molar-refractivity contribution in [3.05, 3.63) is 23.8 Å².